The molecule has 1 atom stereocenters. The van der Waals surface area contributed by atoms with Crippen LogP contribution >= 0.6 is 0 Å². The van der Waals surface area contributed by atoms with Gasteiger partial charge in [-0.3, -0.25) is 9.18 Å². The summed E-state index contributed by atoms with van der Waals surface area (Å²) in [6.07, 6.45) is 4.02. The third-order valence-electron chi connectivity index (χ3n) is 4.73. The Morgan fingerprint density at radius 3 is 2.54 bits per heavy atom. The van der Waals surface area contributed by atoms with Crippen molar-refractivity contribution in [2.75, 3.05) is 13.3 Å². The Kier molecular flexibility index (Phi) is 7.61. The van der Waals surface area contributed by atoms with E-state index in [1.54, 1.807) is 6.92 Å². The molecular formula is C22H31FN2O3. The largest absolute Gasteiger partial charge is 0.464 e. The van der Waals surface area contributed by atoms with Crippen LogP contribution in [0.3, 0.4) is 0 Å². The van der Waals surface area contributed by atoms with Crippen LogP contribution in [0.25, 0.3) is 10.9 Å². The molecule has 0 aliphatic rings. The van der Waals surface area contributed by atoms with Crippen molar-refractivity contribution in [1.29, 1.82) is 0 Å². The van der Waals surface area contributed by atoms with Crippen LogP contribution in [0.1, 0.15) is 57.3 Å². The first kappa shape index (κ1) is 21.9. The molecule has 2 rings (SSSR count). The van der Waals surface area contributed by atoms with Crippen molar-refractivity contribution in [2.24, 2.45) is 5.41 Å². The molecule has 0 fully saturated rings. The van der Waals surface area contributed by atoms with Crippen molar-refractivity contribution in [3.63, 3.8) is 0 Å². The molecule has 2 aromatic rings. The number of hydrogen-bond donors (Lipinski definition) is 1. The molecule has 0 aliphatic carbocycles. The number of halogens is 1. The van der Waals surface area contributed by atoms with E-state index in [9.17, 15) is 14.0 Å². The zero-order valence-corrected chi connectivity index (χ0v) is 17.3. The van der Waals surface area contributed by atoms with E-state index in [1.165, 1.54) is 0 Å². The van der Waals surface area contributed by atoms with E-state index in [0.717, 1.165) is 23.7 Å². The molecule has 1 amide bonds. The van der Waals surface area contributed by atoms with Gasteiger partial charge in [-0.2, -0.15) is 0 Å². The molecule has 0 saturated carbocycles. The van der Waals surface area contributed by atoms with Crippen molar-refractivity contribution < 1.29 is 18.7 Å². The lowest BCUT2D eigenvalue weighted by atomic mass is 9.86. The summed E-state index contributed by atoms with van der Waals surface area (Å²) < 4.78 is 19.5. The molecule has 0 aliphatic heterocycles. The first-order chi connectivity index (χ1) is 13.3. The summed E-state index contributed by atoms with van der Waals surface area (Å²) in [4.78, 5) is 25.4. The first-order valence-corrected chi connectivity index (χ1v) is 9.91. The SMILES string of the molecule is CCOC(=O)[C@@H](NC(=O)c1cn(CCCCCF)c2ccccc12)C(C)(C)C. The van der Waals surface area contributed by atoms with Crippen LogP contribution in [0.5, 0.6) is 0 Å². The van der Waals surface area contributed by atoms with Gasteiger partial charge in [0, 0.05) is 23.6 Å². The molecule has 1 N–H and O–H groups in total. The molecule has 0 radical (unpaired) electrons. The van der Waals surface area contributed by atoms with Crippen molar-refractivity contribution >= 4 is 22.8 Å². The monoisotopic (exact) mass is 390 g/mol. The van der Waals surface area contributed by atoms with E-state index < -0.39 is 17.4 Å². The average molecular weight is 390 g/mol. The lowest BCUT2D eigenvalue weighted by Crippen LogP contribution is -2.49. The molecule has 1 aromatic heterocycles. The predicted octanol–water partition coefficient (Wildman–Crippen LogP) is 4.49. The van der Waals surface area contributed by atoms with Gasteiger partial charge in [0.2, 0.25) is 0 Å². The molecule has 28 heavy (non-hydrogen) atoms. The van der Waals surface area contributed by atoms with E-state index in [0.29, 0.717) is 18.5 Å². The Hall–Kier alpha value is -2.37. The third kappa shape index (κ3) is 5.33. The second kappa shape index (κ2) is 9.71. The van der Waals surface area contributed by atoms with Crippen molar-refractivity contribution in [3.8, 4) is 0 Å². The second-order valence-corrected chi connectivity index (χ2v) is 8.03. The number of nitrogens with zero attached hydrogens (tertiary/aromatic N) is 1. The molecule has 0 bridgehead atoms. The van der Waals surface area contributed by atoms with E-state index in [4.69, 9.17) is 4.74 Å². The first-order valence-electron chi connectivity index (χ1n) is 9.91. The Morgan fingerprint density at radius 2 is 1.89 bits per heavy atom. The molecular weight excluding hydrogens is 359 g/mol. The molecule has 6 heteroatoms. The van der Waals surface area contributed by atoms with Crippen LogP contribution in [-0.4, -0.2) is 35.8 Å². The Balaban J connectivity index is 2.27. The minimum absolute atomic E-state index is 0.263. The summed E-state index contributed by atoms with van der Waals surface area (Å²) in [7, 11) is 0. The molecule has 0 unspecified atom stereocenters. The van der Waals surface area contributed by atoms with E-state index >= 15 is 0 Å². The summed E-state index contributed by atoms with van der Waals surface area (Å²) in [6, 6.07) is 6.94. The van der Waals surface area contributed by atoms with Gasteiger partial charge in [-0.15, -0.1) is 0 Å². The fourth-order valence-electron chi connectivity index (χ4n) is 3.23. The van der Waals surface area contributed by atoms with E-state index in [-0.39, 0.29) is 19.2 Å². The fourth-order valence-corrected chi connectivity index (χ4v) is 3.23. The van der Waals surface area contributed by atoms with Crippen LogP contribution in [-0.2, 0) is 16.1 Å². The summed E-state index contributed by atoms with van der Waals surface area (Å²) >= 11 is 0. The van der Waals surface area contributed by atoms with Gasteiger partial charge in [-0.05, 0) is 37.7 Å². The highest BCUT2D eigenvalue weighted by Crippen LogP contribution is 2.25. The normalized spacial score (nSPS) is 12.8. The van der Waals surface area contributed by atoms with Crippen LogP contribution in [0.15, 0.2) is 30.5 Å². The highest BCUT2D eigenvalue weighted by molar-refractivity contribution is 6.08. The van der Waals surface area contributed by atoms with Gasteiger partial charge < -0.3 is 14.6 Å². The van der Waals surface area contributed by atoms with Crippen LogP contribution < -0.4 is 5.32 Å². The standard InChI is InChI=1S/C22H31FN2O3/c1-5-28-21(27)19(22(2,3)4)24-20(26)17-15-25(14-10-6-9-13-23)18-12-8-7-11-16(17)18/h7-8,11-12,15,19H,5-6,9-10,13-14H2,1-4H3,(H,24,26)/t19-/m1/s1. The topological polar surface area (TPSA) is 60.3 Å². The van der Waals surface area contributed by atoms with Gasteiger partial charge >= 0.3 is 5.97 Å². The van der Waals surface area contributed by atoms with Gasteiger partial charge in [0.05, 0.1) is 18.8 Å². The quantitative estimate of drug-likeness (QED) is 0.507. The number of hydrogen-bond acceptors (Lipinski definition) is 3. The highest BCUT2D eigenvalue weighted by atomic mass is 19.1. The van der Waals surface area contributed by atoms with Gasteiger partial charge in [0.25, 0.3) is 5.91 Å². The number of carbonyl (C=O) groups excluding carboxylic acids is 2. The predicted molar refractivity (Wildman–Crippen MR) is 109 cm³/mol. The Labute approximate surface area is 166 Å². The van der Waals surface area contributed by atoms with Gasteiger partial charge in [0.15, 0.2) is 0 Å². The summed E-state index contributed by atoms with van der Waals surface area (Å²) in [5, 5.41) is 3.70. The number of esters is 1. The molecule has 5 nitrogen and oxygen atoms in total. The maximum Gasteiger partial charge on any atom is 0.329 e. The lowest BCUT2D eigenvalue weighted by Gasteiger charge is -2.29. The minimum Gasteiger partial charge on any atom is -0.464 e. The fraction of sp³-hybridized carbons (Fsp3) is 0.545. The van der Waals surface area contributed by atoms with Gasteiger partial charge in [-0.25, -0.2) is 4.79 Å². The number of para-hydroxylation sites is 1. The van der Waals surface area contributed by atoms with Crippen molar-refractivity contribution in [2.45, 2.75) is 59.5 Å². The summed E-state index contributed by atoms with van der Waals surface area (Å²) in [5.74, 6) is -0.731. The Bertz CT molecular complexity index is 808. The van der Waals surface area contributed by atoms with Crippen molar-refractivity contribution in [3.05, 3.63) is 36.0 Å². The molecule has 154 valence electrons. The highest BCUT2D eigenvalue weighted by Gasteiger charge is 2.34. The molecule has 0 saturated heterocycles. The van der Waals surface area contributed by atoms with E-state index in [2.05, 4.69) is 5.32 Å². The average Bonchev–Trinajstić information content (AvgIpc) is 3.01. The molecule has 1 aromatic carbocycles. The minimum atomic E-state index is -0.744. The second-order valence-electron chi connectivity index (χ2n) is 8.03. The number of fused-ring (bicyclic) bond motifs is 1. The molecule has 1 heterocycles. The maximum absolute atomic E-state index is 13.0. The number of amides is 1. The zero-order chi connectivity index (χ0) is 20.7. The lowest BCUT2D eigenvalue weighted by molar-refractivity contribution is -0.148. The number of benzene rings is 1. The van der Waals surface area contributed by atoms with Crippen LogP contribution in [0, 0.1) is 5.41 Å². The number of ether oxygens (including phenoxy) is 1. The zero-order valence-electron chi connectivity index (χ0n) is 17.3. The Morgan fingerprint density at radius 1 is 1.18 bits per heavy atom. The number of carbonyl (C=O) groups is 2. The van der Waals surface area contributed by atoms with E-state index in [1.807, 2.05) is 55.8 Å². The summed E-state index contributed by atoms with van der Waals surface area (Å²) in [5.41, 5.74) is 1.00. The molecule has 0 spiro atoms. The summed E-state index contributed by atoms with van der Waals surface area (Å²) in [6.45, 7) is 8.10. The maximum atomic E-state index is 13.0. The number of alkyl halides is 1. The van der Waals surface area contributed by atoms with Crippen molar-refractivity contribution in [1.82, 2.24) is 9.88 Å². The smallest absolute Gasteiger partial charge is 0.329 e. The number of unbranched alkanes of at least 4 members (excludes halogenated alkanes) is 2. The third-order valence-corrected chi connectivity index (χ3v) is 4.73. The number of nitrogens with one attached hydrogen (secondary N) is 1. The number of aromatic nitrogens is 1. The number of aryl methyl sites for hydroxylation is 1. The van der Waals surface area contributed by atoms with Crippen LogP contribution in [0.2, 0.25) is 0 Å². The number of rotatable bonds is 9. The van der Waals surface area contributed by atoms with Crippen LogP contribution in [0.4, 0.5) is 4.39 Å². The van der Waals surface area contributed by atoms with Gasteiger partial charge in [-0.1, -0.05) is 39.0 Å². The van der Waals surface area contributed by atoms with Gasteiger partial charge in [0.1, 0.15) is 6.04 Å².